The average molecular weight is 331 g/mol. The van der Waals surface area contributed by atoms with E-state index in [0.29, 0.717) is 13.0 Å². The number of aliphatic carboxylic acids is 1. The molecule has 1 rings (SSSR count). The molecule has 0 amide bonds. The van der Waals surface area contributed by atoms with Crippen molar-refractivity contribution in [3.05, 3.63) is 28.2 Å². The maximum Gasteiger partial charge on any atom is 0.303 e. The highest BCUT2D eigenvalue weighted by Gasteiger charge is 2.16. The molecule has 4 nitrogen and oxygen atoms in total. The van der Waals surface area contributed by atoms with Gasteiger partial charge in [0.05, 0.1) is 17.2 Å². The van der Waals surface area contributed by atoms with Crippen LogP contribution in [-0.4, -0.2) is 22.8 Å². The summed E-state index contributed by atoms with van der Waals surface area (Å²) in [5.74, 6) is -0.178. The maximum absolute atomic E-state index is 10.6. The predicted octanol–water partition coefficient (Wildman–Crippen LogP) is 3.38. The van der Waals surface area contributed by atoms with E-state index < -0.39 is 12.1 Å². The van der Waals surface area contributed by atoms with E-state index in [4.69, 9.17) is 9.84 Å². The molecule has 0 aliphatic rings. The molecule has 1 aromatic carbocycles. The number of aliphatic hydroxyl groups excluding tert-OH is 1. The summed E-state index contributed by atoms with van der Waals surface area (Å²) < 4.78 is 6.19. The summed E-state index contributed by atoms with van der Waals surface area (Å²) in [4.78, 5) is 10.6. The number of aliphatic hydroxyl groups is 1. The number of hydrogen-bond acceptors (Lipinski definition) is 3. The fourth-order valence-corrected chi connectivity index (χ4v) is 2.41. The Morgan fingerprint density at radius 3 is 2.68 bits per heavy atom. The summed E-state index contributed by atoms with van der Waals surface area (Å²) >= 11 is 3.39. The summed E-state index contributed by atoms with van der Waals surface area (Å²) in [6, 6.07) is 5.41. The smallest absolute Gasteiger partial charge is 0.303 e. The first-order valence-electron chi connectivity index (χ1n) is 6.26. The minimum Gasteiger partial charge on any atom is -0.493 e. The molecule has 0 aliphatic carbocycles. The van der Waals surface area contributed by atoms with Crippen molar-refractivity contribution in [1.82, 2.24) is 0 Å². The molecule has 0 bridgehead atoms. The highest BCUT2D eigenvalue weighted by molar-refractivity contribution is 9.10. The minimum atomic E-state index is -0.840. The Kier molecular flexibility index (Phi) is 6.31. The summed E-state index contributed by atoms with van der Waals surface area (Å²) in [6.45, 7) is 4.31. The van der Waals surface area contributed by atoms with E-state index in [1.807, 2.05) is 19.9 Å². The van der Waals surface area contributed by atoms with Crippen LogP contribution >= 0.6 is 15.9 Å². The average Bonchev–Trinajstić information content (AvgIpc) is 2.30. The molecule has 0 spiro atoms. The van der Waals surface area contributed by atoms with E-state index in [9.17, 15) is 9.90 Å². The molecule has 0 fully saturated rings. The molecule has 2 atom stereocenters. The zero-order valence-electron chi connectivity index (χ0n) is 11.1. The van der Waals surface area contributed by atoms with Gasteiger partial charge in [-0.3, -0.25) is 4.79 Å². The largest absolute Gasteiger partial charge is 0.493 e. The molecule has 0 saturated heterocycles. The fraction of sp³-hybridized carbons (Fsp3) is 0.500. The van der Waals surface area contributed by atoms with Gasteiger partial charge in [0.2, 0.25) is 0 Å². The summed E-state index contributed by atoms with van der Waals surface area (Å²) in [5, 5.41) is 18.8. The first-order chi connectivity index (χ1) is 8.93. The molecule has 1 aromatic rings. The van der Waals surface area contributed by atoms with Crippen LogP contribution in [0.25, 0.3) is 0 Å². The normalized spacial score (nSPS) is 13.9. The van der Waals surface area contributed by atoms with Gasteiger partial charge < -0.3 is 14.9 Å². The van der Waals surface area contributed by atoms with Crippen molar-refractivity contribution in [1.29, 1.82) is 0 Å². The molecule has 0 aliphatic heterocycles. The molecule has 106 valence electrons. The van der Waals surface area contributed by atoms with Crippen molar-refractivity contribution in [2.45, 2.75) is 32.8 Å². The monoisotopic (exact) mass is 330 g/mol. The number of carboxylic acids is 1. The van der Waals surface area contributed by atoms with E-state index >= 15 is 0 Å². The van der Waals surface area contributed by atoms with Crippen LogP contribution in [0.3, 0.4) is 0 Å². The lowest BCUT2D eigenvalue weighted by Crippen LogP contribution is -2.09. The molecule has 0 saturated carbocycles. The number of ether oxygens (including phenoxy) is 1. The number of rotatable bonds is 7. The van der Waals surface area contributed by atoms with Crippen molar-refractivity contribution >= 4 is 21.9 Å². The zero-order chi connectivity index (χ0) is 14.4. The quantitative estimate of drug-likeness (QED) is 0.804. The number of benzene rings is 1. The molecule has 0 aromatic heterocycles. The third-order valence-electron chi connectivity index (χ3n) is 2.79. The van der Waals surface area contributed by atoms with Crippen LogP contribution in [0.5, 0.6) is 5.75 Å². The molecule has 2 N–H and O–H groups in total. The Hall–Kier alpha value is -1.07. The van der Waals surface area contributed by atoms with E-state index in [0.717, 1.165) is 15.8 Å². The van der Waals surface area contributed by atoms with Gasteiger partial charge in [-0.25, -0.2) is 0 Å². The van der Waals surface area contributed by atoms with E-state index in [1.54, 1.807) is 12.1 Å². The highest BCUT2D eigenvalue weighted by atomic mass is 79.9. The lowest BCUT2D eigenvalue weighted by molar-refractivity contribution is -0.138. The number of carboxylic acid groups (broad SMARTS) is 1. The molecule has 2 unspecified atom stereocenters. The van der Waals surface area contributed by atoms with Gasteiger partial charge in [0, 0.05) is 6.42 Å². The van der Waals surface area contributed by atoms with Crippen LogP contribution in [0.1, 0.15) is 38.4 Å². The van der Waals surface area contributed by atoms with Gasteiger partial charge in [-0.2, -0.15) is 0 Å². The second-order valence-corrected chi connectivity index (χ2v) is 5.43. The molecular formula is C14H19BrO4. The Morgan fingerprint density at radius 2 is 2.16 bits per heavy atom. The zero-order valence-corrected chi connectivity index (χ0v) is 12.7. The van der Waals surface area contributed by atoms with Gasteiger partial charge >= 0.3 is 5.97 Å². The van der Waals surface area contributed by atoms with Crippen LogP contribution in [-0.2, 0) is 4.79 Å². The van der Waals surface area contributed by atoms with Crippen molar-refractivity contribution in [3.8, 4) is 5.75 Å². The second kappa shape index (κ2) is 7.50. The van der Waals surface area contributed by atoms with E-state index in [-0.39, 0.29) is 12.3 Å². The van der Waals surface area contributed by atoms with Crippen LogP contribution in [0.15, 0.2) is 22.7 Å². The standard InChI is InChI=1S/C14H19BrO4/c1-3-19-13-5-4-10(8-11(13)15)12(16)6-9(2)7-14(17)18/h4-5,8-9,12,16H,3,6-7H2,1-2H3,(H,17,18). The molecule has 0 heterocycles. The van der Waals surface area contributed by atoms with Crippen molar-refractivity contribution < 1.29 is 19.7 Å². The van der Waals surface area contributed by atoms with Crippen molar-refractivity contribution in [3.63, 3.8) is 0 Å². The lowest BCUT2D eigenvalue weighted by atomic mass is 9.96. The lowest BCUT2D eigenvalue weighted by Gasteiger charge is -2.16. The Labute approximate surface area is 121 Å². The molecular weight excluding hydrogens is 312 g/mol. The number of hydrogen-bond donors (Lipinski definition) is 2. The predicted molar refractivity (Wildman–Crippen MR) is 76.3 cm³/mol. The van der Waals surface area contributed by atoms with Crippen molar-refractivity contribution in [2.24, 2.45) is 5.92 Å². The number of halogens is 1. The van der Waals surface area contributed by atoms with E-state index in [2.05, 4.69) is 15.9 Å². The van der Waals surface area contributed by atoms with Crippen LogP contribution in [0.2, 0.25) is 0 Å². The Balaban J connectivity index is 2.69. The van der Waals surface area contributed by atoms with Gasteiger partial charge in [-0.15, -0.1) is 0 Å². The summed E-state index contributed by atoms with van der Waals surface area (Å²) in [6.07, 6.45) is -0.177. The molecule has 5 heteroatoms. The Morgan fingerprint density at radius 1 is 1.47 bits per heavy atom. The first-order valence-corrected chi connectivity index (χ1v) is 7.05. The number of carbonyl (C=O) groups is 1. The highest BCUT2D eigenvalue weighted by Crippen LogP contribution is 2.30. The van der Waals surface area contributed by atoms with Gasteiger partial charge in [0.15, 0.2) is 0 Å². The van der Waals surface area contributed by atoms with Gasteiger partial charge in [-0.05, 0) is 52.9 Å². The molecule has 19 heavy (non-hydrogen) atoms. The fourth-order valence-electron chi connectivity index (χ4n) is 1.90. The third-order valence-corrected chi connectivity index (χ3v) is 3.41. The van der Waals surface area contributed by atoms with Gasteiger partial charge in [-0.1, -0.05) is 13.0 Å². The summed E-state index contributed by atoms with van der Waals surface area (Å²) in [7, 11) is 0. The first kappa shape index (κ1) is 16.0. The van der Waals surface area contributed by atoms with Crippen LogP contribution < -0.4 is 4.74 Å². The van der Waals surface area contributed by atoms with Crippen LogP contribution in [0, 0.1) is 5.92 Å². The maximum atomic E-state index is 10.6. The van der Waals surface area contributed by atoms with Gasteiger partial charge in [0.25, 0.3) is 0 Å². The van der Waals surface area contributed by atoms with Gasteiger partial charge in [0.1, 0.15) is 5.75 Å². The topological polar surface area (TPSA) is 66.8 Å². The third kappa shape index (κ3) is 5.20. The SMILES string of the molecule is CCOc1ccc(C(O)CC(C)CC(=O)O)cc1Br. The minimum absolute atomic E-state index is 0.0647. The van der Waals surface area contributed by atoms with Crippen LogP contribution in [0.4, 0.5) is 0 Å². The van der Waals surface area contributed by atoms with E-state index in [1.165, 1.54) is 0 Å². The second-order valence-electron chi connectivity index (χ2n) is 4.58. The summed E-state index contributed by atoms with van der Waals surface area (Å²) in [5.41, 5.74) is 0.757. The Bertz CT molecular complexity index is 433. The van der Waals surface area contributed by atoms with Crippen molar-refractivity contribution in [2.75, 3.05) is 6.61 Å². The molecule has 0 radical (unpaired) electrons.